The molecule has 3 nitrogen and oxygen atoms in total. The zero-order chi connectivity index (χ0) is 10.3. The molecule has 0 heterocycles. The van der Waals surface area contributed by atoms with Crippen molar-refractivity contribution in [3.63, 3.8) is 0 Å². The van der Waals surface area contributed by atoms with Gasteiger partial charge in [-0.25, -0.2) is 0 Å². The molecule has 0 aliphatic rings. The Morgan fingerprint density at radius 1 is 1.54 bits per heavy atom. The highest BCUT2D eigenvalue weighted by atomic mass is 32.1. The summed E-state index contributed by atoms with van der Waals surface area (Å²) in [5.41, 5.74) is 0. The summed E-state index contributed by atoms with van der Waals surface area (Å²) in [5, 5.41) is 2.86. The molecule has 0 saturated carbocycles. The van der Waals surface area contributed by atoms with Crippen LogP contribution in [0.2, 0.25) is 0 Å². The molecule has 0 aliphatic heterocycles. The second kappa shape index (κ2) is 7.21. The molecule has 4 heteroatoms. The summed E-state index contributed by atoms with van der Waals surface area (Å²) in [5.74, 6) is 0.576. The molecule has 78 valence electrons. The van der Waals surface area contributed by atoms with Crippen molar-refractivity contribution in [2.75, 3.05) is 19.0 Å². The molecule has 1 atom stereocenters. The quantitative estimate of drug-likeness (QED) is 0.637. The third-order valence-corrected chi connectivity index (χ3v) is 2.08. The van der Waals surface area contributed by atoms with Crippen molar-refractivity contribution >= 4 is 18.5 Å². The van der Waals surface area contributed by atoms with Crippen molar-refractivity contribution in [2.45, 2.75) is 26.8 Å². The monoisotopic (exact) mass is 205 g/mol. The van der Waals surface area contributed by atoms with Gasteiger partial charge in [-0.3, -0.25) is 4.79 Å². The van der Waals surface area contributed by atoms with Gasteiger partial charge in [0.2, 0.25) is 5.91 Å². The molecule has 0 aromatic heterocycles. The van der Waals surface area contributed by atoms with Gasteiger partial charge in [-0.1, -0.05) is 13.8 Å². The van der Waals surface area contributed by atoms with E-state index in [1.54, 1.807) is 0 Å². The highest BCUT2D eigenvalue weighted by Gasteiger charge is 2.14. The van der Waals surface area contributed by atoms with E-state index >= 15 is 0 Å². The minimum atomic E-state index is -0.0401. The molecule has 0 spiro atoms. The first-order valence-electron chi connectivity index (χ1n) is 4.59. The second-order valence-electron chi connectivity index (χ2n) is 3.24. The van der Waals surface area contributed by atoms with Gasteiger partial charge in [-0.15, -0.1) is 0 Å². The van der Waals surface area contributed by atoms with Gasteiger partial charge in [-0.2, -0.15) is 12.6 Å². The Hall–Kier alpha value is -0.220. The summed E-state index contributed by atoms with van der Waals surface area (Å²) in [6, 6.07) is 0.0969. The lowest BCUT2D eigenvalue weighted by Gasteiger charge is -2.21. The first-order chi connectivity index (χ1) is 6.11. The molecule has 0 saturated heterocycles. The van der Waals surface area contributed by atoms with E-state index in [0.717, 1.165) is 0 Å². The second-order valence-corrected chi connectivity index (χ2v) is 3.55. The fraction of sp³-hybridized carbons (Fsp3) is 0.889. The lowest BCUT2D eigenvalue weighted by molar-refractivity contribution is -0.120. The number of thiol groups is 1. The average molecular weight is 205 g/mol. The molecule has 0 aliphatic carbocycles. The lowest BCUT2D eigenvalue weighted by Crippen LogP contribution is -2.42. The summed E-state index contributed by atoms with van der Waals surface area (Å²) in [7, 11) is 0. The standard InChI is InChI=1S/C9H19NO2S/c1-4-12-5-8(7(2)3)10-9(11)6-13/h7-8,13H,4-6H2,1-3H3,(H,10,11). The van der Waals surface area contributed by atoms with Crippen LogP contribution in [0.1, 0.15) is 20.8 Å². The van der Waals surface area contributed by atoms with E-state index in [0.29, 0.717) is 19.1 Å². The van der Waals surface area contributed by atoms with Crippen molar-refractivity contribution in [3.8, 4) is 0 Å². The van der Waals surface area contributed by atoms with Crippen LogP contribution in [-0.2, 0) is 9.53 Å². The van der Waals surface area contributed by atoms with E-state index in [1.807, 2.05) is 6.92 Å². The summed E-state index contributed by atoms with van der Waals surface area (Å²) >= 11 is 3.90. The van der Waals surface area contributed by atoms with Crippen LogP contribution in [0.3, 0.4) is 0 Å². The maximum Gasteiger partial charge on any atom is 0.230 e. The normalized spacial score (nSPS) is 13.0. The molecule has 1 N–H and O–H groups in total. The minimum Gasteiger partial charge on any atom is -0.380 e. The predicted molar refractivity (Wildman–Crippen MR) is 57.1 cm³/mol. The number of amides is 1. The summed E-state index contributed by atoms with van der Waals surface area (Å²) in [4.78, 5) is 11.0. The van der Waals surface area contributed by atoms with Crippen molar-refractivity contribution < 1.29 is 9.53 Å². The van der Waals surface area contributed by atoms with Gasteiger partial charge in [0, 0.05) is 6.61 Å². The van der Waals surface area contributed by atoms with Crippen molar-refractivity contribution in [1.29, 1.82) is 0 Å². The first kappa shape index (κ1) is 12.8. The maximum atomic E-state index is 11.0. The molecule has 0 aromatic rings. The Kier molecular flexibility index (Phi) is 7.09. The molecular formula is C9H19NO2S. The van der Waals surface area contributed by atoms with Crippen LogP contribution >= 0.6 is 12.6 Å². The maximum absolute atomic E-state index is 11.0. The van der Waals surface area contributed by atoms with Crippen molar-refractivity contribution in [2.24, 2.45) is 5.92 Å². The fourth-order valence-electron chi connectivity index (χ4n) is 0.898. The smallest absolute Gasteiger partial charge is 0.230 e. The van der Waals surface area contributed by atoms with E-state index in [9.17, 15) is 4.79 Å². The number of carbonyl (C=O) groups is 1. The van der Waals surface area contributed by atoms with Gasteiger partial charge in [0.05, 0.1) is 18.4 Å². The van der Waals surface area contributed by atoms with E-state index in [2.05, 4.69) is 31.8 Å². The lowest BCUT2D eigenvalue weighted by atomic mass is 10.1. The summed E-state index contributed by atoms with van der Waals surface area (Å²) < 4.78 is 5.26. The molecule has 0 rings (SSSR count). The predicted octanol–water partition coefficient (Wildman–Crippen LogP) is 1.09. The number of carbonyl (C=O) groups excluding carboxylic acids is 1. The van der Waals surface area contributed by atoms with Gasteiger partial charge in [0.25, 0.3) is 0 Å². The van der Waals surface area contributed by atoms with E-state index in [4.69, 9.17) is 4.74 Å². The molecule has 1 amide bonds. The molecule has 0 fully saturated rings. The van der Waals surface area contributed by atoms with Crippen molar-refractivity contribution in [3.05, 3.63) is 0 Å². The van der Waals surface area contributed by atoms with E-state index < -0.39 is 0 Å². The SMILES string of the molecule is CCOCC(NC(=O)CS)C(C)C. The molecule has 0 aromatic carbocycles. The topological polar surface area (TPSA) is 38.3 Å². The third kappa shape index (κ3) is 5.93. The number of nitrogens with one attached hydrogen (secondary N) is 1. The highest BCUT2D eigenvalue weighted by molar-refractivity contribution is 7.81. The first-order valence-corrected chi connectivity index (χ1v) is 5.23. The molecule has 13 heavy (non-hydrogen) atoms. The van der Waals surface area contributed by atoms with Crippen LogP contribution in [0.5, 0.6) is 0 Å². The highest BCUT2D eigenvalue weighted by Crippen LogP contribution is 2.02. The van der Waals surface area contributed by atoms with Gasteiger partial charge in [0.15, 0.2) is 0 Å². The van der Waals surface area contributed by atoms with Crippen LogP contribution in [-0.4, -0.2) is 30.9 Å². The Balaban J connectivity index is 3.87. The number of hydrogen-bond donors (Lipinski definition) is 2. The van der Waals surface area contributed by atoms with Crippen LogP contribution in [0.15, 0.2) is 0 Å². The van der Waals surface area contributed by atoms with Gasteiger partial charge in [-0.05, 0) is 12.8 Å². The Morgan fingerprint density at radius 3 is 2.54 bits per heavy atom. The number of hydrogen-bond acceptors (Lipinski definition) is 3. The molecule has 1 unspecified atom stereocenters. The zero-order valence-corrected chi connectivity index (χ0v) is 9.43. The van der Waals surface area contributed by atoms with Crippen LogP contribution in [0.4, 0.5) is 0 Å². The molecular weight excluding hydrogens is 186 g/mol. The Labute approximate surface area is 85.6 Å². The Bertz CT molecular complexity index is 151. The van der Waals surface area contributed by atoms with Crippen molar-refractivity contribution in [1.82, 2.24) is 5.32 Å². The van der Waals surface area contributed by atoms with Gasteiger partial charge in [0.1, 0.15) is 0 Å². The van der Waals surface area contributed by atoms with Crippen LogP contribution in [0.25, 0.3) is 0 Å². The summed E-state index contributed by atoms with van der Waals surface area (Å²) in [6.07, 6.45) is 0. The molecule has 0 bridgehead atoms. The minimum absolute atomic E-state index is 0.0401. The zero-order valence-electron chi connectivity index (χ0n) is 8.54. The van der Waals surface area contributed by atoms with Crippen LogP contribution < -0.4 is 5.32 Å². The van der Waals surface area contributed by atoms with Gasteiger partial charge >= 0.3 is 0 Å². The largest absolute Gasteiger partial charge is 0.380 e. The van der Waals surface area contributed by atoms with E-state index in [1.165, 1.54) is 0 Å². The Morgan fingerprint density at radius 2 is 2.15 bits per heavy atom. The van der Waals surface area contributed by atoms with Crippen LogP contribution in [0, 0.1) is 5.92 Å². The fourth-order valence-corrected chi connectivity index (χ4v) is 0.989. The third-order valence-electron chi connectivity index (χ3n) is 1.80. The van der Waals surface area contributed by atoms with Gasteiger partial charge < -0.3 is 10.1 Å². The molecule has 0 radical (unpaired) electrons. The number of ether oxygens (including phenoxy) is 1. The number of rotatable bonds is 6. The average Bonchev–Trinajstić information content (AvgIpc) is 2.11. The summed E-state index contributed by atoms with van der Waals surface area (Å²) in [6.45, 7) is 7.32. The van der Waals surface area contributed by atoms with E-state index in [-0.39, 0.29) is 17.7 Å².